The zero-order valence-corrected chi connectivity index (χ0v) is 10.3. The Balaban J connectivity index is 2.19. The number of aliphatic hydroxyl groups excluding tert-OH is 1. The fraction of sp³-hybridized carbons (Fsp3) is 0.462. The summed E-state index contributed by atoms with van der Waals surface area (Å²) in [6.45, 7) is 2.76. The first-order chi connectivity index (χ1) is 8.49. The van der Waals surface area contributed by atoms with Gasteiger partial charge in [-0.25, -0.2) is 4.39 Å². The van der Waals surface area contributed by atoms with Gasteiger partial charge in [-0.3, -0.25) is 4.79 Å². The van der Waals surface area contributed by atoms with Gasteiger partial charge in [-0.1, -0.05) is 6.92 Å². The van der Waals surface area contributed by atoms with E-state index in [1.165, 1.54) is 18.2 Å². The van der Waals surface area contributed by atoms with Gasteiger partial charge in [0.05, 0.1) is 11.7 Å². The molecule has 1 amide bonds. The van der Waals surface area contributed by atoms with Gasteiger partial charge in [0.2, 0.25) is 0 Å². The highest BCUT2D eigenvalue weighted by Crippen LogP contribution is 2.20. The molecule has 0 saturated carbocycles. The second-order valence-electron chi connectivity index (χ2n) is 4.82. The van der Waals surface area contributed by atoms with Gasteiger partial charge < -0.3 is 15.7 Å². The van der Waals surface area contributed by atoms with Gasteiger partial charge in [0.1, 0.15) is 5.82 Å². The molecular formula is C13H17FN2O2. The summed E-state index contributed by atoms with van der Waals surface area (Å²) < 4.78 is 13.6. The van der Waals surface area contributed by atoms with Crippen molar-refractivity contribution in [2.75, 3.05) is 18.8 Å². The number of halogens is 1. The lowest BCUT2D eigenvalue weighted by Gasteiger charge is -2.34. The summed E-state index contributed by atoms with van der Waals surface area (Å²) in [4.78, 5) is 13.7. The highest BCUT2D eigenvalue weighted by atomic mass is 19.1. The third-order valence-corrected chi connectivity index (χ3v) is 3.37. The van der Waals surface area contributed by atoms with Gasteiger partial charge >= 0.3 is 0 Å². The first-order valence-corrected chi connectivity index (χ1v) is 6.01. The van der Waals surface area contributed by atoms with Crippen LogP contribution in [0.4, 0.5) is 10.1 Å². The van der Waals surface area contributed by atoms with Gasteiger partial charge in [-0.05, 0) is 30.5 Å². The number of rotatable bonds is 1. The van der Waals surface area contributed by atoms with Crippen LogP contribution in [-0.4, -0.2) is 35.1 Å². The summed E-state index contributed by atoms with van der Waals surface area (Å²) >= 11 is 0. The topological polar surface area (TPSA) is 66.6 Å². The monoisotopic (exact) mass is 252 g/mol. The van der Waals surface area contributed by atoms with E-state index in [-0.39, 0.29) is 23.5 Å². The molecule has 5 heteroatoms. The second kappa shape index (κ2) is 4.94. The molecule has 2 unspecified atom stereocenters. The van der Waals surface area contributed by atoms with E-state index in [2.05, 4.69) is 0 Å². The maximum atomic E-state index is 13.6. The SMILES string of the molecule is CC1CN(C(=O)c2cc(N)ccc2F)CCC1O. The molecule has 0 spiro atoms. The molecule has 1 aromatic rings. The van der Waals surface area contributed by atoms with Crippen molar-refractivity contribution in [2.45, 2.75) is 19.4 Å². The van der Waals surface area contributed by atoms with Crippen LogP contribution in [0.25, 0.3) is 0 Å². The molecule has 1 fully saturated rings. The maximum Gasteiger partial charge on any atom is 0.256 e. The fourth-order valence-electron chi connectivity index (χ4n) is 2.19. The van der Waals surface area contributed by atoms with Crippen molar-refractivity contribution in [2.24, 2.45) is 5.92 Å². The number of benzene rings is 1. The third kappa shape index (κ3) is 2.46. The molecule has 0 radical (unpaired) electrons. The number of carbonyl (C=O) groups excluding carboxylic acids is 1. The molecule has 3 N–H and O–H groups in total. The van der Waals surface area contributed by atoms with E-state index in [1.54, 1.807) is 4.90 Å². The Morgan fingerprint density at radius 1 is 1.56 bits per heavy atom. The first-order valence-electron chi connectivity index (χ1n) is 6.01. The van der Waals surface area contributed by atoms with Crippen LogP contribution >= 0.6 is 0 Å². The Morgan fingerprint density at radius 3 is 2.94 bits per heavy atom. The molecule has 4 nitrogen and oxygen atoms in total. The number of likely N-dealkylation sites (tertiary alicyclic amines) is 1. The Kier molecular flexibility index (Phi) is 3.52. The van der Waals surface area contributed by atoms with Crippen LogP contribution < -0.4 is 5.73 Å². The van der Waals surface area contributed by atoms with Crippen LogP contribution in [0.1, 0.15) is 23.7 Å². The summed E-state index contributed by atoms with van der Waals surface area (Å²) in [5.74, 6) is -0.918. The van der Waals surface area contributed by atoms with Crippen LogP contribution in [-0.2, 0) is 0 Å². The standard InChI is InChI=1S/C13H17FN2O2/c1-8-7-16(5-4-12(8)17)13(18)10-6-9(15)2-3-11(10)14/h2-3,6,8,12,17H,4-5,7,15H2,1H3. The van der Waals surface area contributed by atoms with E-state index in [4.69, 9.17) is 5.73 Å². The zero-order valence-electron chi connectivity index (χ0n) is 10.3. The number of carbonyl (C=O) groups is 1. The quantitative estimate of drug-likeness (QED) is 0.739. The predicted molar refractivity (Wildman–Crippen MR) is 66.5 cm³/mol. The third-order valence-electron chi connectivity index (χ3n) is 3.37. The van der Waals surface area contributed by atoms with Gasteiger partial charge in [0, 0.05) is 18.8 Å². The second-order valence-corrected chi connectivity index (χ2v) is 4.82. The smallest absolute Gasteiger partial charge is 0.256 e. The molecule has 1 saturated heterocycles. The van der Waals surface area contributed by atoms with Crippen LogP contribution in [0, 0.1) is 11.7 Å². The predicted octanol–water partition coefficient (Wildman–Crippen LogP) is 1.25. The molecule has 0 bridgehead atoms. The van der Waals surface area contributed by atoms with E-state index >= 15 is 0 Å². The van der Waals surface area contributed by atoms with Crippen molar-refractivity contribution in [1.82, 2.24) is 4.90 Å². The van der Waals surface area contributed by atoms with Crippen molar-refractivity contribution in [3.05, 3.63) is 29.6 Å². The van der Waals surface area contributed by atoms with E-state index < -0.39 is 5.82 Å². The molecular weight excluding hydrogens is 235 g/mol. The van der Waals surface area contributed by atoms with Crippen molar-refractivity contribution in [3.8, 4) is 0 Å². The normalized spacial score (nSPS) is 24.1. The molecule has 2 rings (SSSR count). The lowest BCUT2D eigenvalue weighted by atomic mass is 9.96. The number of nitrogen functional groups attached to an aromatic ring is 1. The minimum absolute atomic E-state index is 0.00131. The number of amides is 1. The molecule has 2 atom stereocenters. The van der Waals surface area contributed by atoms with Crippen LogP contribution in [0.2, 0.25) is 0 Å². The highest BCUT2D eigenvalue weighted by Gasteiger charge is 2.28. The van der Waals surface area contributed by atoms with Gasteiger partial charge in [-0.2, -0.15) is 0 Å². The molecule has 1 aliphatic rings. The summed E-state index contributed by atoms with van der Waals surface area (Å²) in [5, 5.41) is 9.61. The largest absolute Gasteiger partial charge is 0.399 e. The van der Waals surface area contributed by atoms with Crippen LogP contribution in [0.3, 0.4) is 0 Å². The van der Waals surface area contributed by atoms with Crippen molar-refractivity contribution >= 4 is 11.6 Å². The van der Waals surface area contributed by atoms with Crippen LogP contribution in [0.5, 0.6) is 0 Å². The summed E-state index contributed by atoms with van der Waals surface area (Å²) in [7, 11) is 0. The summed E-state index contributed by atoms with van der Waals surface area (Å²) in [6.07, 6.45) is 0.136. The lowest BCUT2D eigenvalue weighted by molar-refractivity contribution is 0.0295. The number of piperidine rings is 1. The first kappa shape index (κ1) is 12.8. The summed E-state index contributed by atoms with van der Waals surface area (Å²) in [6, 6.07) is 3.98. The van der Waals surface area contributed by atoms with E-state index in [1.807, 2.05) is 6.92 Å². The molecule has 18 heavy (non-hydrogen) atoms. The maximum absolute atomic E-state index is 13.6. The number of hydrogen-bond acceptors (Lipinski definition) is 3. The highest BCUT2D eigenvalue weighted by molar-refractivity contribution is 5.95. The molecule has 0 aromatic heterocycles. The van der Waals surface area contributed by atoms with Crippen molar-refractivity contribution in [3.63, 3.8) is 0 Å². The van der Waals surface area contributed by atoms with E-state index in [0.717, 1.165) is 0 Å². The fourth-order valence-corrected chi connectivity index (χ4v) is 2.19. The average molecular weight is 252 g/mol. The number of nitrogens with zero attached hydrogens (tertiary/aromatic N) is 1. The van der Waals surface area contributed by atoms with E-state index in [0.29, 0.717) is 25.2 Å². The average Bonchev–Trinajstić information content (AvgIpc) is 2.35. The molecule has 1 aliphatic heterocycles. The van der Waals surface area contributed by atoms with Gasteiger partial charge in [0.25, 0.3) is 5.91 Å². The number of nitrogens with two attached hydrogens (primary N) is 1. The molecule has 98 valence electrons. The van der Waals surface area contributed by atoms with Crippen LogP contribution in [0.15, 0.2) is 18.2 Å². The Labute approximate surface area is 105 Å². The Bertz CT molecular complexity index is 464. The Morgan fingerprint density at radius 2 is 2.28 bits per heavy atom. The van der Waals surface area contributed by atoms with Crippen molar-refractivity contribution in [1.29, 1.82) is 0 Å². The van der Waals surface area contributed by atoms with Gasteiger partial charge in [-0.15, -0.1) is 0 Å². The number of anilines is 1. The lowest BCUT2D eigenvalue weighted by Crippen LogP contribution is -2.45. The zero-order chi connectivity index (χ0) is 13.3. The summed E-state index contributed by atoms with van der Waals surface area (Å²) in [5.41, 5.74) is 5.93. The van der Waals surface area contributed by atoms with Crippen molar-refractivity contribution < 1.29 is 14.3 Å². The Hall–Kier alpha value is -1.62. The molecule has 0 aliphatic carbocycles. The minimum atomic E-state index is -0.562. The molecule has 1 aromatic carbocycles. The van der Waals surface area contributed by atoms with Gasteiger partial charge in [0.15, 0.2) is 0 Å². The minimum Gasteiger partial charge on any atom is -0.399 e. The number of aliphatic hydroxyl groups is 1. The molecule has 1 heterocycles. The number of hydrogen-bond donors (Lipinski definition) is 2. The van der Waals surface area contributed by atoms with E-state index in [9.17, 15) is 14.3 Å².